The molecule has 1 saturated heterocycles. The number of hydrogen-bond acceptors (Lipinski definition) is 3. The summed E-state index contributed by atoms with van der Waals surface area (Å²) in [5, 5.41) is 0. The molecule has 0 saturated carbocycles. The maximum atomic E-state index is 4.30. The van der Waals surface area contributed by atoms with Gasteiger partial charge in [0.2, 0.25) is 0 Å². The van der Waals surface area contributed by atoms with E-state index in [2.05, 4.69) is 34.8 Å². The first-order chi connectivity index (χ1) is 6.77. The van der Waals surface area contributed by atoms with Crippen LogP contribution in [0.1, 0.15) is 5.69 Å². The summed E-state index contributed by atoms with van der Waals surface area (Å²) in [7, 11) is 3.94. The van der Waals surface area contributed by atoms with Crippen molar-refractivity contribution in [3.8, 4) is 0 Å². The Morgan fingerprint density at radius 2 is 2.00 bits per heavy atom. The van der Waals surface area contributed by atoms with Crippen LogP contribution >= 0.6 is 0 Å². The SMILES string of the molecule is [CH2-]N1CCN(c2cccnc2C)CC1. The molecule has 0 amide bonds. The Morgan fingerprint density at radius 1 is 1.29 bits per heavy atom. The zero-order valence-electron chi connectivity index (χ0n) is 8.61. The first kappa shape index (κ1) is 9.46. The average molecular weight is 190 g/mol. The Labute approximate surface area is 85.4 Å². The fourth-order valence-corrected chi connectivity index (χ4v) is 1.80. The molecule has 0 bridgehead atoms. The number of hydrogen-bond donors (Lipinski definition) is 0. The summed E-state index contributed by atoms with van der Waals surface area (Å²) >= 11 is 0. The molecule has 1 aromatic heterocycles. The second kappa shape index (κ2) is 3.96. The first-order valence-corrected chi connectivity index (χ1v) is 4.99. The van der Waals surface area contributed by atoms with Crippen molar-refractivity contribution < 1.29 is 0 Å². The van der Waals surface area contributed by atoms with Crippen molar-refractivity contribution in [3.05, 3.63) is 31.1 Å². The van der Waals surface area contributed by atoms with E-state index in [-0.39, 0.29) is 0 Å². The lowest BCUT2D eigenvalue weighted by molar-refractivity contribution is 0.344. The van der Waals surface area contributed by atoms with Gasteiger partial charge >= 0.3 is 0 Å². The molecule has 0 unspecified atom stereocenters. The van der Waals surface area contributed by atoms with Crippen LogP contribution in [0.5, 0.6) is 0 Å². The lowest BCUT2D eigenvalue weighted by atomic mass is 10.2. The summed E-state index contributed by atoms with van der Waals surface area (Å²) in [5.74, 6) is 0. The van der Waals surface area contributed by atoms with Crippen molar-refractivity contribution >= 4 is 5.69 Å². The molecule has 0 radical (unpaired) electrons. The van der Waals surface area contributed by atoms with Crippen LogP contribution in [-0.2, 0) is 0 Å². The summed E-state index contributed by atoms with van der Waals surface area (Å²) in [6.07, 6.45) is 1.84. The minimum atomic E-state index is 1.04. The summed E-state index contributed by atoms with van der Waals surface area (Å²) in [5.41, 5.74) is 2.38. The van der Waals surface area contributed by atoms with Gasteiger partial charge in [0, 0.05) is 19.3 Å². The second-order valence-corrected chi connectivity index (χ2v) is 3.71. The fraction of sp³-hybridized carbons (Fsp3) is 0.455. The van der Waals surface area contributed by atoms with Gasteiger partial charge in [-0.05, 0) is 32.1 Å². The minimum absolute atomic E-state index is 1.04. The van der Waals surface area contributed by atoms with Crippen molar-refractivity contribution in [2.75, 3.05) is 31.1 Å². The Balaban J connectivity index is 2.12. The van der Waals surface area contributed by atoms with E-state index in [0.29, 0.717) is 0 Å². The maximum Gasteiger partial charge on any atom is 0.0605 e. The third-order valence-electron chi connectivity index (χ3n) is 2.69. The van der Waals surface area contributed by atoms with Gasteiger partial charge in [0.25, 0.3) is 0 Å². The fourth-order valence-electron chi connectivity index (χ4n) is 1.80. The normalized spacial score (nSPS) is 18.6. The van der Waals surface area contributed by atoms with Crippen LogP contribution in [0.15, 0.2) is 18.3 Å². The molecule has 76 valence electrons. The first-order valence-electron chi connectivity index (χ1n) is 4.99. The minimum Gasteiger partial charge on any atom is -0.456 e. The largest absolute Gasteiger partial charge is 0.456 e. The van der Waals surface area contributed by atoms with Gasteiger partial charge in [-0.2, -0.15) is 0 Å². The summed E-state index contributed by atoms with van der Waals surface area (Å²) in [6.45, 7) is 6.24. The highest BCUT2D eigenvalue weighted by atomic mass is 15.2. The third kappa shape index (κ3) is 1.87. The summed E-state index contributed by atoms with van der Waals surface area (Å²) in [4.78, 5) is 8.79. The molecule has 2 rings (SSSR count). The molecule has 14 heavy (non-hydrogen) atoms. The molecule has 1 aliphatic rings. The molecule has 0 aromatic carbocycles. The monoisotopic (exact) mass is 190 g/mol. The van der Waals surface area contributed by atoms with Crippen molar-refractivity contribution in [3.63, 3.8) is 0 Å². The molecule has 1 aliphatic heterocycles. The van der Waals surface area contributed by atoms with Gasteiger partial charge < -0.3 is 9.80 Å². The number of aryl methyl sites for hydroxylation is 1. The third-order valence-corrected chi connectivity index (χ3v) is 2.69. The van der Waals surface area contributed by atoms with Crippen molar-refractivity contribution in [2.45, 2.75) is 6.92 Å². The van der Waals surface area contributed by atoms with E-state index in [4.69, 9.17) is 0 Å². The number of nitrogens with zero attached hydrogens (tertiary/aromatic N) is 3. The Bertz CT molecular complexity index is 303. The average Bonchev–Trinajstić information content (AvgIpc) is 2.20. The quantitative estimate of drug-likeness (QED) is 0.622. The second-order valence-electron chi connectivity index (χ2n) is 3.71. The van der Waals surface area contributed by atoms with Crippen molar-refractivity contribution in [1.82, 2.24) is 9.88 Å². The molecule has 1 aromatic rings. The smallest absolute Gasteiger partial charge is 0.0605 e. The van der Waals surface area contributed by atoms with E-state index >= 15 is 0 Å². The van der Waals surface area contributed by atoms with Gasteiger partial charge in [-0.15, -0.1) is 0 Å². The van der Waals surface area contributed by atoms with Crippen LogP contribution in [0.3, 0.4) is 0 Å². The van der Waals surface area contributed by atoms with Crippen LogP contribution in [-0.4, -0.2) is 36.1 Å². The van der Waals surface area contributed by atoms with E-state index in [9.17, 15) is 0 Å². The Morgan fingerprint density at radius 3 is 2.64 bits per heavy atom. The number of rotatable bonds is 1. The Kier molecular flexibility index (Phi) is 2.68. The van der Waals surface area contributed by atoms with E-state index in [1.807, 2.05) is 12.3 Å². The van der Waals surface area contributed by atoms with Gasteiger partial charge in [-0.3, -0.25) is 12.0 Å². The molecule has 0 spiro atoms. The zero-order chi connectivity index (χ0) is 9.97. The zero-order valence-corrected chi connectivity index (χ0v) is 8.61. The van der Waals surface area contributed by atoms with Gasteiger partial charge in [0.05, 0.1) is 11.4 Å². The van der Waals surface area contributed by atoms with E-state index in [1.165, 1.54) is 5.69 Å². The van der Waals surface area contributed by atoms with Gasteiger partial charge in [0.15, 0.2) is 0 Å². The van der Waals surface area contributed by atoms with Crippen LogP contribution in [0, 0.1) is 14.0 Å². The topological polar surface area (TPSA) is 19.4 Å². The molecule has 0 N–H and O–H groups in total. The van der Waals surface area contributed by atoms with Crippen molar-refractivity contribution in [1.29, 1.82) is 0 Å². The lowest BCUT2D eigenvalue weighted by Gasteiger charge is -2.38. The van der Waals surface area contributed by atoms with Gasteiger partial charge in [-0.1, -0.05) is 0 Å². The van der Waals surface area contributed by atoms with E-state index in [1.54, 1.807) is 0 Å². The van der Waals surface area contributed by atoms with E-state index < -0.39 is 0 Å². The van der Waals surface area contributed by atoms with Crippen LogP contribution in [0.4, 0.5) is 5.69 Å². The molecule has 0 aliphatic carbocycles. The molecule has 0 atom stereocenters. The molecule has 2 heterocycles. The predicted molar refractivity (Wildman–Crippen MR) is 58.1 cm³/mol. The molecule has 1 fully saturated rings. The number of aromatic nitrogens is 1. The summed E-state index contributed by atoms with van der Waals surface area (Å²) in [6, 6.07) is 4.14. The van der Waals surface area contributed by atoms with Gasteiger partial charge in [0.1, 0.15) is 0 Å². The number of pyridine rings is 1. The van der Waals surface area contributed by atoms with Crippen LogP contribution in [0.25, 0.3) is 0 Å². The Hall–Kier alpha value is -1.09. The number of anilines is 1. The summed E-state index contributed by atoms with van der Waals surface area (Å²) < 4.78 is 0. The highest BCUT2D eigenvalue weighted by Crippen LogP contribution is 2.18. The maximum absolute atomic E-state index is 4.30. The van der Waals surface area contributed by atoms with Crippen LogP contribution < -0.4 is 4.90 Å². The standard InChI is InChI=1S/C11H16N3/c1-10-11(4-3-5-12-10)14-8-6-13(2)7-9-14/h3-5H,2,6-9H2,1H3/q-1. The molecule has 3 heteroatoms. The highest BCUT2D eigenvalue weighted by Gasteiger charge is 2.13. The lowest BCUT2D eigenvalue weighted by Crippen LogP contribution is -2.43. The highest BCUT2D eigenvalue weighted by molar-refractivity contribution is 5.50. The van der Waals surface area contributed by atoms with Crippen molar-refractivity contribution in [2.24, 2.45) is 0 Å². The number of piperazine rings is 1. The predicted octanol–water partition coefficient (Wildman–Crippen LogP) is 1.30. The molecular formula is C11H16N3-. The van der Waals surface area contributed by atoms with E-state index in [0.717, 1.165) is 31.9 Å². The van der Waals surface area contributed by atoms with Gasteiger partial charge in [-0.25, -0.2) is 0 Å². The molecular weight excluding hydrogens is 174 g/mol. The van der Waals surface area contributed by atoms with Crippen LogP contribution in [0.2, 0.25) is 0 Å². The molecule has 3 nitrogen and oxygen atoms in total.